The Bertz CT molecular complexity index is 1210. The Labute approximate surface area is 180 Å². The summed E-state index contributed by atoms with van der Waals surface area (Å²) in [4.78, 5) is 12.2. The molecule has 1 amide bonds. The minimum Gasteiger partial charge on any atom is -0.484 e. The van der Waals surface area contributed by atoms with E-state index in [1.807, 2.05) is 18.2 Å². The zero-order valence-corrected chi connectivity index (χ0v) is 17.4. The predicted octanol–water partition coefficient (Wildman–Crippen LogP) is 4.13. The lowest BCUT2D eigenvalue weighted by molar-refractivity contribution is -0.118. The van der Waals surface area contributed by atoms with Crippen LogP contribution in [-0.4, -0.2) is 20.9 Å². The average Bonchev–Trinajstić information content (AvgIpc) is 3.20. The van der Waals surface area contributed by atoms with E-state index in [1.54, 1.807) is 0 Å². The number of carbonyl (C=O) groups excluding carboxylic acids is 1. The molecule has 2 N–H and O–H groups in total. The summed E-state index contributed by atoms with van der Waals surface area (Å²) < 4.78 is 46.0. The molecule has 0 aliphatic heterocycles. The smallest absolute Gasteiger partial charge is 0.262 e. The van der Waals surface area contributed by atoms with Crippen LogP contribution < -0.4 is 14.8 Å². The highest BCUT2D eigenvalue weighted by molar-refractivity contribution is 7.92. The van der Waals surface area contributed by atoms with Crippen LogP contribution >= 0.6 is 0 Å². The highest BCUT2D eigenvalue weighted by Crippen LogP contribution is 2.26. The molecule has 0 spiro atoms. The van der Waals surface area contributed by atoms with E-state index in [2.05, 4.69) is 10.0 Å². The van der Waals surface area contributed by atoms with Crippen molar-refractivity contribution in [3.8, 4) is 5.75 Å². The molecule has 1 aliphatic carbocycles. The lowest BCUT2D eigenvalue weighted by Gasteiger charge is -2.10. The number of anilines is 2. The standard InChI is InChI=1S/C23H21FN2O4S/c24-18-5-2-6-20(14-18)26-31(28,29)22-11-8-19(9-12-22)25-23(27)15-30-21-10-7-16-3-1-4-17(16)13-21/h2,5-14,26H,1,3-4,15H2,(H,25,27). The lowest BCUT2D eigenvalue weighted by atomic mass is 10.1. The third kappa shape index (κ3) is 5.21. The van der Waals surface area contributed by atoms with Gasteiger partial charge in [-0.25, -0.2) is 12.8 Å². The molecule has 0 unspecified atom stereocenters. The van der Waals surface area contributed by atoms with E-state index < -0.39 is 15.8 Å². The lowest BCUT2D eigenvalue weighted by Crippen LogP contribution is -2.20. The van der Waals surface area contributed by atoms with Gasteiger partial charge in [0.2, 0.25) is 0 Å². The Hall–Kier alpha value is -3.39. The number of carbonyl (C=O) groups is 1. The molecular weight excluding hydrogens is 419 g/mol. The van der Waals surface area contributed by atoms with Crippen LogP contribution in [0.5, 0.6) is 5.75 Å². The number of hydrogen-bond donors (Lipinski definition) is 2. The largest absolute Gasteiger partial charge is 0.484 e. The van der Waals surface area contributed by atoms with Gasteiger partial charge in [-0.1, -0.05) is 12.1 Å². The Balaban J connectivity index is 1.34. The maximum atomic E-state index is 13.3. The highest BCUT2D eigenvalue weighted by Gasteiger charge is 2.15. The summed E-state index contributed by atoms with van der Waals surface area (Å²) >= 11 is 0. The number of amides is 1. The van der Waals surface area contributed by atoms with Gasteiger partial charge < -0.3 is 10.1 Å². The van der Waals surface area contributed by atoms with E-state index in [4.69, 9.17) is 4.74 Å². The van der Waals surface area contributed by atoms with Crippen LogP contribution in [0.15, 0.2) is 71.6 Å². The molecule has 31 heavy (non-hydrogen) atoms. The number of aryl methyl sites for hydroxylation is 2. The van der Waals surface area contributed by atoms with Gasteiger partial charge in [0, 0.05) is 5.69 Å². The van der Waals surface area contributed by atoms with Crippen molar-refractivity contribution in [2.75, 3.05) is 16.6 Å². The summed E-state index contributed by atoms with van der Waals surface area (Å²) in [6, 6.07) is 16.7. The van der Waals surface area contributed by atoms with Gasteiger partial charge in [0.25, 0.3) is 15.9 Å². The average molecular weight is 440 g/mol. The molecule has 8 heteroatoms. The van der Waals surface area contributed by atoms with Crippen molar-refractivity contribution in [3.63, 3.8) is 0 Å². The maximum absolute atomic E-state index is 13.3. The SMILES string of the molecule is O=C(COc1ccc2c(c1)CCC2)Nc1ccc(S(=O)(=O)Nc2cccc(F)c2)cc1. The van der Waals surface area contributed by atoms with Gasteiger partial charge in [-0.15, -0.1) is 0 Å². The minimum absolute atomic E-state index is 0.0100. The van der Waals surface area contributed by atoms with Gasteiger partial charge in [0.1, 0.15) is 11.6 Å². The first kappa shape index (κ1) is 20.9. The number of sulfonamides is 1. The normalized spacial score (nSPS) is 12.8. The molecule has 0 radical (unpaired) electrons. The molecule has 1 aliphatic rings. The number of fused-ring (bicyclic) bond motifs is 1. The van der Waals surface area contributed by atoms with E-state index in [-0.39, 0.29) is 23.1 Å². The van der Waals surface area contributed by atoms with Crippen molar-refractivity contribution >= 4 is 27.3 Å². The predicted molar refractivity (Wildman–Crippen MR) is 116 cm³/mol. The molecule has 6 nitrogen and oxygen atoms in total. The summed E-state index contributed by atoms with van der Waals surface area (Å²) in [5, 5.41) is 2.67. The first-order valence-electron chi connectivity index (χ1n) is 9.82. The molecule has 0 fully saturated rings. The van der Waals surface area contributed by atoms with Crippen molar-refractivity contribution in [1.82, 2.24) is 0 Å². The molecule has 160 valence electrons. The zero-order valence-electron chi connectivity index (χ0n) is 16.6. The third-order valence-corrected chi connectivity index (χ3v) is 6.36. The number of halogens is 1. The summed E-state index contributed by atoms with van der Waals surface area (Å²) in [7, 11) is -3.88. The van der Waals surface area contributed by atoms with Crippen molar-refractivity contribution < 1.29 is 22.3 Å². The molecule has 0 aromatic heterocycles. The Morgan fingerprint density at radius 1 is 0.935 bits per heavy atom. The van der Waals surface area contributed by atoms with Crippen LogP contribution in [0.25, 0.3) is 0 Å². The second-order valence-electron chi connectivity index (χ2n) is 7.26. The van der Waals surface area contributed by atoms with Crippen molar-refractivity contribution in [2.24, 2.45) is 0 Å². The van der Waals surface area contributed by atoms with Crippen molar-refractivity contribution in [1.29, 1.82) is 0 Å². The van der Waals surface area contributed by atoms with Crippen molar-refractivity contribution in [2.45, 2.75) is 24.2 Å². The van der Waals surface area contributed by atoms with Crippen LogP contribution in [-0.2, 0) is 27.7 Å². The summed E-state index contributed by atoms with van der Waals surface area (Å²) in [5.74, 6) is -0.241. The summed E-state index contributed by atoms with van der Waals surface area (Å²) in [5.41, 5.74) is 3.16. The first-order valence-corrected chi connectivity index (χ1v) is 11.3. The van der Waals surface area contributed by atoms with E-state index in [1.165, 1.54) is 53.6 Å². The molecule has 4 rings (SSSR count). The third-order valence-electron chi connectivity index (χ3n) is 4.97. The minimum atomic E-state index is -3.88. The molecule has 0 bridgehead atoms. The Morgan fingerprint density at radius 3 is 2.48 bits per heavy atom. The second-order valence-corrected chi connectivity index (χ2v) is 8.94. The molecule has 0 atom stereocenters. The van der Waals surface area contributed by atoms with Crippen LogP contribution in [0.3, 0.4) is 0 Å². The maximum Gasteiger partial charge on any atom is 0.262 e. The molecule has 0 saturated heterocycles. The van der Waals surface area contributed by atoms with Crippen molar-refractivity contribution in [3.05, 3.63) is 83.7 Å². The molecular formula is C23H21FN2O4S. The topological polar surface area (TPSA) is 84.5 Å². The van der Waals surface area contributed by atoms with Gasteiger partial charge in [-0.3, -0.25) is 9.52 Å². The van der Waals surface area contributed by atoms with Crippen LogP contribution in [0, 0.1) is 5.82 Å². The number of benzene rings is 3. The van der Waals surface area contributed by atoms with Gasteiger partial charge in [0.05, 0.1) is 10.6 Å². The number of nitrogens with one attached hydrogen (secondary N) is 2. The van der Waals surface area contributed by atoms with Crippen LogP contribution in [0.2, 0.25) is 0 Å². The zero-order chi connectivity index (χ0) is 21.8. The highest BCUT2D eigenvalue weighted by atomic mass is 32.2. The van der Waals surface area contributed by atoms with Crippen LogP contribution in [0.1, 0.15) is 17.5 Å². The Kier molecular flexibility index (Phi) is 5.90. The second kappa shape index (κ2) is 8.77. The Morgan fingerprint density at radius 2 is 1.71 bits per heavy atom. The number of ether oxygens (including phenoxy) is 1. The van der Waals surface area contributed by atoms with E-state index in [9.17, 15) is 17.6 Å². The van der Waals surface area contributed by atoms with Gasteiger partial charge in [0.15, 0.2) is 6.61 Å². The van der Waals surface area contributed by atoms with Gasteiger partial charge in [-0.2, -0.15) is 0 Å². The van der Waals surface area contributed by atoms with Gasteiger partial charge in [-0.05, 0) is 85.0 Å². The fourth-order valence-electron chi connectivity index (χ4n) is 3.47. The van der Waals surface area contributed by atoms with Gasteiger partial charge >= 0.3 is 0 Å². The molecule has 3 aromatic rings. The van der Waals surface area contributed by atoms with E-state index >= 15 is 0 Å². The van der Waals surface area contributed by atoms with E-state index in [0.717, 1.165) is 25.3 Å². The van der Waals surface area contributed by atoms with E-state index in [0.29, 0.717) is 11.4 Å². The molecule has 0 saturated carbocycles. The fourth-order valence-corrected chi connectivity index (χ4v) is 4.52. The molecule has 3 aromatic carbocycles. The first-order chi connectivity index (χ1) is 14.9. The summed E-state index contributed by atoms with van der Waals surface area (Å²) in [6.45, 7) is -0.153. The fraction of sp³-hybridized carbons (Fsp3) is 0.174. The number of rotatable bonds is 7. The monoisotopic (exact) mass is 440 g/mol. The summed E-state index contributed by atoms with van der Waals surface area (Å²) in [6.07, 6.45) is 3.25. The molecule has 0 heterocycles. The quantitative estimate of drug-likeness (QED) is 0.579. The van der Waals surface area contributed by atoms with Crippen LogP contribution in [0.4, 0.5) is 15.8 Å². The number of hydrogen-bond acceptors (Lipinski definition) is 4.